The van der Waals surface area contributed by atoms with Gasteiger partial charge in [-0.05, 0) is 61.7 Å². The largest absolute Gasteiger partial charge is 0.490 e. The van der Waals surface area contributed by atoms with Crippen LogP contribution in [0.3, 0.4) is 0 Å². The van der Waals surface area contributed by atoms with E-state index in [1.54, 1.807) is 35.2 Å². The summed E-state index contributed by atoms with van der Waals surface area (Å²) in [5.41, 5.74) is 2.73. The molecule has 1 saturated heterocycles. The molecule has 1 amide bonds. The van der Waals surface area contributed by atoms with Gasteiger partial charge >= 0.3 is 5.97 Å². The Bertz CT molecular complexity index is 1110. The third-order valence-electron chi connectivity index (χ3n) is 4.89. The van der Waals surface area contributed by atoms with Gasteiger partial charge in [-0.1, -0.05) is 42.2 Å². The number of ether oxygens (including phenoxy) is 2. The number of amides is 1. The van der Waals surface area contributed by atoms with Crippen molar-refractivity contribution in [2.24, 2.45) is 0 Å². The average Bonchev–Trinajstić information content (AvgIpc) is 3.06. The van der Waals surface area contributed by atoms with E-state index < -0.39 is 5.97 Å². The molecule has 0 bridgehead atoms. The van der Waals surface area contributed by atoms with Gasteiger partial charge in [-0.25, -0.2) is 4.79 Å². The number of rotatable bonds is 10. The maximum Gasteiger partial charge on any atom is 0.335 e. The summed E-state index contributed by atoms with van der Waals surface area (Å²) in [5, 5.41) is 9.07. The Labute approximate surface area is 202 Å². The van der Waals surface area contributed by atoms with Crippen molar-refractivity contribution in [1.29, 1.82) is 0 Å². The van der Waals surface area contributed by atoms with Crippen LogP contribution < -0.4 is 9.47 Å². The first-order chi connectivity index (χ1) is 15.9. The summed E-state index contributed by atoms with van der Waals surface area (Å²) in [5.74, 6) is 0.0928. The fourth-order valence-corrected chi connectivity index (χ4v) is 4.71. The van der Waals surface area contributed by atoms with Crippen LogP contribution >= 0.6 is 24.0 Å². The normalized spacial score (nSPS) is 14.6. The number of nitrogens with zero attached hydrogens (tertiary/aromatic N) is 1. The van der Waals surface area contributed by atoms with Crippen molar-refractivity contribution in [3.05, 3.63) is 76.2 Å². The molecule has 1 fully saturated rings. The summed E-state index contributed by atoms with van der Waals surface area (Å²) in [6, 6.07) is 10.3. The van der Waals surface area contributed by atoms with Crippen molar-refractivity contribution in [3.63, 3.8) is 0 Å². The van der Waals surface area contributed by atoms with E-state index in [9.17, 15) is 9.59 Å². The molecule has 172 valence electrons. The summed E-state index contributed by atoms with van der Waals surface area (Å²) in [6.45, 7) is 8.85. The number of hydrogen-bond donors (Lipinski definition) is 1. The summed E-state index contributed by atoms with van der Waals surface area (Å²) >= 11 is 6.59. The van der Waals surface area contributed by atoms with E-state index in [1.165, 1.54) is 11.8 Å². The van der Waals surface area contributed by atoms with E-state index in [0.29, 0.717) is 40.3 Å². The summed E-state index contributed by atoms with van der Waals surface area (Å²) < 4.78 is 12.5. The van der Waals surface area contributed by atoms with Crippen molar-refractivity contribution in [1.82, 2.24) is 4.90 Å². The van der Waals surface area contributed by atoms with E-state index in [2.05, 4.69) is 6.58 Å². The minimum Gasteiger partial charge on any atom is -0.490 e. The predicted molar refractivity (Wildman–Crippen MR) is 135 cm³/mol. The minimum atomic E-state index is -0.971. The minimum absolute atomic E-state index is 0.0964. The quantitative estimate of drug-likeness (QED) is 0.279. The molecule has 0 saturated carbocycles. The molecule has 2 aromatic carbocycles. The van der Waals surface area contributed by atoms with Crippen molar-refractivity contribution in [2.45, 2.75) is 26.9 Å². The Balaban J connectivity index is 1.92. The van der Waals surface area contributed by atoms with Gasteiger partial charge in [0.15, 0.2) is 11.5 Å². The highest BCUT2D eigenvalue weighted by Crippen LogP contribution is 2.37. The molecule has 0 aliphatic carbocycles. The standard InChI is InChI=1S/C25H25NO5S2/c1-4-7-19-12-17(14-21-23(27)26(5-2)25(32)33-21)13-20(30-6-3)22(19)31-15-16-8-10-18(11-9-16)24(28)29/h4,8-14H,1,5-7,15H2,2-3H3,(H,28,29). The number of allylic oxidation sites excluding steroid dienone is 1. The number of carbonyl (C=O) groups is 2. The number of thiocarbonyl (C=S) groups is 1. The summed E-state index contributed by atoms with van der Waals surface area (Å²) in [7, 11) is 0. The molecule has 0 radical (unpaired) electrons. The van der Waals surface area contributed by atoms with Gasteiger partial charge in [0.1, 0.15) is 10.9 Å². The highest BCUT2D eigenvalue weighted by molar-refractivity contribution is 8.26. The van der Waals surface area contributed by atoms with E-state index >= 15 is 0 Å². The maximum atomic E-state index is 12.6. The Morgan fingerprint density at radius 3 is 2.52 bits per heavy atom. The number of carboxylic acid groups (broad SMARTS) is 1. The van der Waals surface area contributed by atoms with Gasteiger partial charge in [-0.2, -0.15) is 0 Å². The van der Waals surface area contributed by atoms with E-state index in [1.807, 2.05) is 32.1 Å². The third-order valence-corrected chi connectivity index (χ3v) is 6.27. The molecule has 0 spiro atoms. The Morgan fingerprint density at radius 2 is 1.94 bits per heavy atom. The van der Waals surface area contributed by atoms with E-state index in [0.717, 1.165) is 16.7 Å². The second kappa shape index (κ2) is 11.2. The second-order valence-corrected chi connectivity index (χ2v) is 8.83. The highest BCUT2D eigenvalue weighted by atomic mass is 32.2. The van der Waals surface area contributed by atoms with Gasteiger partial charge < -0.3 is 14.6 Å². The number of hydrogen-bond acceptors (Lipinski definition) is 6. The Kier molecular flexibility index (Phi) is 8.30. The molecule has 33 heavy (non-hydrogen) atoms. The monoisotopic (exact) mass is 483 g/mol. The van der Waals surface area contributed by atoms with Crippen molar-refractivity contribution < 1.29 is 24.2 Å². The second-order valence-electron chi connectivity index (χ2n) is 7.15. The summed E-state index contributed by atoms with van der Waals surface area (Å²) in [4.78, 5) is 25.8. The molecule has 0 unspecified atom stereocenters. The first-order valence-electron chi connectivity index (χ1n) is 10.5. The van der Waals surface area contributed by atoms with Gasteiger partial charge in [-0.3, -0.25) is 9.69 Å². The molecule has 1 heterocycles. The Hall–Kier alpha value is -3.10. The zero-order valence-corrected chi connectivity index (χ0v) is 20.1. The fourth-order valence-electron chi connectivity index (χ4n) is 3.32. The van der Waals surface area contributed by atoms with Gasteiger partial charge in [0.2, 0.25) is 0 Å². The number of likely N-dealkylation sites (N-methyl/N-ethyl adjacent to an activating group) is 1. The first kappa shape index (κ1) is 24.5. The molecule has 0 aromatic heterocycles. The fraction of sp³-hybridized carbons (Fsp3) is 0.240. The zero-order valence-electron chi connectivity index (χ0n) is 18.5. The molecule has 1 aliphatic heterocycles. The lowest BCUT2D eigenvalue weighted by Gasteiger charge is -2.17. The van der Waals surface area contributed by atoms with Crippen LogP contribution in [0.15, 0.2) is 54.0 Å². The van der Waals surface area contributed by atoms with Gasteiger partial charge in [0.25, 0.3) is 5.91 Å². The molecule has 3 rings (SSSR count). The lowest BCUT2D eigenvalue weighted by atomic mass is 10.0. The van der Waals surface area contributed by atoms with Crippen LogP contribution in [0.4, 0.5) is 0 Å². The molecule has 1 N–H and O–H groups in total. The number of benzene rings is 2. The molecular formula is C25H25NO5S2. The topological polar surface area (TPSA) is 76.1 Å². The molecule has 1 aliphatic rings. The average molecular weight is 484 g/mol. The lowest BCUT2D eigenvalue weighted by Crippen LogP contribution is -2.27. The number of thioether (sulfide) groups is 1. The molecule has 2 aromatic rings. The number of aromatic carboxylic acids is 1. The van der Waals surface area contributed by atoms with Gasteiger partial charge in [-0.15, -0.1) is 6.58 Å². The molecule has 8 heteroatoms. The smallest absolute Gasteiger partial charge is 0.335 e. The predicted octanol–water partition coefficient (Wildman–Crippen LogP) is 5.31. The van der Waals surface area contributed by atoms with Crippen LogP contribution in [0.25, 0.3) is 6.08 Å². The molecular weight excluding hydrogens is 458 g/mol. The third kappa shape index (κ3) is 5.83. The van der Waals surface area contributed by atoms with Crippen LogP contribution in [0.2, 0.25) is 0 Å². The Morgan fingerprint density at radius 1 is 1.21 bits per heavy atom. The van der Waals surface area contributed by atoms with Crippen molar-refractivity contribution >= 4 is 46.3 Å². The van der Waals surface area contributed by atoms with Crippen molar-refractivity contribution in [2.75, 3.05) is 13.2 Å². The van der Waals surface area contributed by atoms with Gasteiger partial charge in [0, 0.05) is 12.1 Å². The maximum absolute atomic E-state index is 12.6. The number of carbonyl (C=O) groups excluding carboxylic acids is 1. The van der Waals surface area contributed by atoms with Crippen LogP contribution in [0.5, 0.6) is 11.5 Å². The lowest BCUT2D eigenvalue weighted by molar-refractivity contribution is -0.121. The van der Waals surface area contributed by atoms with E-state index in [4.69, 9.17) is 26.8 Å². The van der Waals surface area contributed by atoms with Gasteiger partial charge in [0.05, 0.1) is 17.1 Å². The van der Waals surface area contributed by atoms with Crippen molar-refractivity contribution in [3.8, 4) is 11.5 Å². The first-order valence-corrected chi connectivity index (χ1v) is 11.7. The summed E-state index contributed by atoms with van der Waals surface area (Å²) in [6.07, 6.45) is 4.14. The van der Waals surface area contributed by atoms with Crippen LogP contribution in [-0.2, 0) is 17.8 Å². The molecule has 6 nitrogen and oxygen atoms in total. The van der Waals surface area contributed by atoms with E-state index in [-0.39, 0.29) is 18.1 Å². The number of carboxylic acids is 1. The zero-order chi connectivity index (χ0) is 24.0. The highest BCUT2D eigenvalue weighted by Gasteiger charge is 2.30. The van der Waals surface area contributed by atoms with Crippen LogP contribution in [0, 0.1) is 0 Å². The van der Waals surface area contributed by atoms with Crippen LogP contribution in [0.1, 0.15) is 40.9 Å². The van der Waals surface area contributed by atoms with Crippen LogP contribution in [-0.4, -0.2) is 39.4 Å². The SMILES string of the molecule is C=CCc1cc(C=C2SC(=S)N(CC)C2=O)cc(OCC)c1OCc1ccc(C(=O)O)cc1. The molecule has 0 atom stereocenters.